The van der Waals surface area contributed by atoms with Crippen molar-refractivity contribution in [3.63, 3.8) is 0 Å². The molecule has 0 aliphatic heterocycles. The topological polar surface area (TPSA) is 35.5 Å². The molecule has 0 aliphatic rings. The molecule has 0 bridgehead atoms. The number of carbonyl (C=O) groups is 1. The van der Waals surface area contributed by atoms with Crippen LogP contribution in [0, 0.1) is 6.92 Å². The Balaban J connectivity index is 1.96. The summed E-state index contributed by atoms with van der Waals surface area (Å²) in [6.07, 6.45) is 0. The number of ether oxygens (including phenoxy) is 2. The van der Waals surface area contributed by atoms with Crippen LogP contribution in [0.1, 0.15) is 5.56 Å². The van der Waals surface area contributed by atoms with Gasteiger partial charge in [-0.1, -0.05) is 29.3 Å². The molecule has 0 radical (unpaired) electrons. The number of esters is 1. The van der Waals surface area contributed by atoms with Crippen LogP contribution in [0.4, 0.5) is 0 Å². The van der Waals surface area contributed by atoms with Crippen LogP contribution in [0.15, 0.2) is 40.9 Å². The molecule has 0 unspecified atom stereocenters. The summed E-state index contributed by atoms with van der Waals surface area (Å²) < 4.78 is 11.2. The van der Waals surface area contributed by atoms with Crippen molar-refractivity contribution in [3.05, 3.63) is 56.5 Å². The van der Waals surface area contributed by atoms with E-state index in [-0.39, 0.29) is 6.61 Å². The summed E-state index contributed by atoms with van der Waals surface area (Å²) in [5.74, 6) is 0.294. The molecule has 3 nitrogen and oxygen atoms in total. The van der Waals surface area contributed by atoms with Gasteiger partial charge in [0.15, 0.2) is 6.61 Å². The van der Waals surface area contributed by atoms with E-state index in [1.165, 1.54) is 0 Å². The van der Waals surface area contributed by atoms with E-state index >= 15 is 0 Å². The number of rotatable bonds is 4. The van der Waals surface area contributed by atoms with Crippen molar-refractivity contribution in [2.75, 3.05) is 6.61 Å². The molecule has 0 atom stereocenters. The third-order valence-electron chi connectivity index (χ3n) is 2.55. The number of aryl methyl sites for hydroxylation is 1. The second-order valence-corrected chi connectivity index (χ2v) is 5.97. The summed E-state index contributed by atoms with van der Waals surface area (Å²) in [4.78, 5) is 11.8. The zero-order valence-electron chi connectivity index (χ0n) is 11.0. The van der Waals surface area contributed by atoms with Crippen molar-refractivity contribution in [2.24, 2.45) is 0 Å². The van der Waals surface area contributed by atoms with E-state index in [2.05, 4.69) is 15.9 Å². The standard InChI is InChI=1S/C15H11BrCl2O3/c1-9-2-4-13(11(16)6-9)21-15(19)8-20-14-5-3-10(17)7-12(14)18/h2-7H,8H2,1H3. The van der Waals surface area contributed by atoms with E-state index in [1.54, 1.807) is 24.3 Å². The van der Waals surface area contributed by atoms with Gasteiger partial charge in [-0.2, -0.15) is 0 Å². The first-order valence-electron chi connectivity index (χ1n) is 6.00. The number of hydrogen-bond donors (Lipinski definition) is 0. The van der Waals surface area contributed by atoms with Gasteiger partial charge in [-0.15, -0.1) is 0 Å². The van der Waals surface area contributed by atoms with E-state index in [0.717, 1.165) is 5.56 Å². The summed E-state index contributed by atoms with van der Waals surface area (Å²) in [6, 6.07) is 10.2. The molecule has 0 spiro atoms. The second kappa shape index (κ2) is 7.16. The van der Waals surface area contributed by atoms with Crippen LogP contribution in [-0.4, -0.2) is 12.6 Å². The van der Waals surface area contributed by atoms with E-state index in [0.29, 0.717) is 26.0 Å². The molecule has 2 aromatic rings. The van der Waals surface area contributed by atoms with Crippen LogP contribution in [0.5, 0.6) is 11.5 Å². The molecular weight excluding hydrogens is 379 g/mol. The fraction of sp³-hybridized carbons (Fsp3) is 0.133. The Hall–Kier alpha value is -1.23. The van der Waals surface area contributed by atoms with E-state index < -0.39 is 5.97 Å². The van der Waals surface area contributed by atoms with Crippen LogP contribution in [0.2, 0.25) is 10.0 Å². The van der Waals surface area contributed by atoms with Gasteiger partial charge in [-0.25, -0.2) is 4.79 Å². The Morgan fingerprint density at radius 3 is 2.52 bits per heavy atom. The van der Waals surface area contributed by atoms with Gasteiger partial charge < -0.3 is 9.47 Å². The smallest absolute Gasteiger partial charge is 0.349 e. The van der Waals surface area contributed by atoms with E-state index in [1.807, 2.05) is 19.1 Å². The number of hydrogen-bond acceptors (Lipinski definition) is 3. The van der Waals surface area contributed by atoms with Crippen LogP contribution in [0.3, 0.4) is 0 Å². The SMILES string of the molecule is Cc1ccc(OC(=O)COc2ccc(Cl)cc2Cl)c(Br)c1. The third-order valence-corrected chi connectivity index (χ3v) is 3.70. The number of halogens is 3. The lowest BCUT2D eigenvalue weighted by atomic mass is 10.2. The zero-order valence-corrected chi connectivity index (χ0v) is 14.1. The van der Waals surface area contributed by atoms with E-state index in [9.17, 15) is 4.79 Å². The fourth-order valence-corrected chi connectivity index (χ4v) is 2.61. The largest absolute Gasteiger partial charge is 0.480 e. The molecule has 0 saturated carbocycles. The van der Waals surface area contributed by atoms with Crippen LogP contribution in [0.25, 0.3) is 0 Å². The van der Waals surface area contributed by atoms with Crippen LogP contribution < -0.4 is 9.47 Å². The molecule has 0 N–H and O–H groups in total. The molecule has 2 aromatic carbocycles. The lowest BCUT2D eigenvalue weighted by Gasteiger charge is -2.09. The minimum atomic E-state index is -0.523. The first kappa shape index (κ1) is 16.1. The zero-order chi connectivity index (χ0) is 15.4. The molecule has 0 saturated heterocycles. The molecule has 2 rings (SSSR count). The molecule has 6 heteroatoms. The average Bonchev–Trinajstić information content (AvgIpc) is 2.41. The molecule has 0 heterocycles. The molecule has 21 heavy (non-hydrogen) atoms. The maximum Gasteiger partial charge on any atom is 0.349 e. The Morgan fingerprint density at radius 2 is 1.86 bits per heavy atom. The minimum absolute atomic E-state index is 0.248. The van der Waals surface area contributed by atoms with Crippen molar-refractivity contribution in [1.82, 2.24) is 0 Å². The first-order chi connectivity index (χ1) is 9.95. The van der Waals surface area contributed by atoms with Gasteiger partial charge in [0.1, 0.15) is 11.5 Å². The number of carbonyl (C=O) groups excluding carboxylic acids is 1. The van der Waals surface area contributed by atoms with E-state index in [4.69, 9.17) is 32.7 Å². The van der Waals surface area contributed by atoms with Gasteiger partial charge in [0.05, 0.1) is 9.50 Å². The highest BCUT2D eigenvalue weighted by Crippen LogP contribution is 2.28. The van der Waals surface area contributed by atoms with Crippen molar-refractivity contribution in [1.29, 1.82) is 0 Å². The van der Waals surface area contributed by atoms with Gasteiger partial charge in [0.25, 0.3) is 0 Å². The van der Waals surface area contributed by atoms with Gasteiger partial charge in [-0.05, 0) is 58.7 Å². The molecule has 110 valence electrons. The highest BCUT2D eigenvalue weighted by Gasteiger charge is 2.10. The lowest BCUT2D eigenvalue weighted by molar-refractivity contribution is -0.136. The Labute approximate surface area is 140 Å². The van der Waals surface area contributed by atoms with Gasteiger partial charge >= 0.3 is 5.97 Å². The quantitative estimate of drug-likeness (QED) is 0.542. The molecule has 0 amide bonds. The van der Waals surface area contributed by atoms with Crippen molar-refractivity contribution >= 4 is 45.1 Å². The third kappa shape index (κ3) is 4.63. The van der Waals surface area contributed by atoms with Crippen LogP contribution >= 0.6 is 39.1 Å². The monoisotopic (exact) mass is 388 g/mol. The lowest BCUT2D eigenvalue weighted by Crippen LogP contribution is -2.18. The van der Waals surface area contributed by atoms with Crippen LogP contribution in [-0.2, 0) is 4.79 Å². The summed E-state index contributed by atoms with van der Waals surface area (Å²) >= 11 is 15.1. The minimum Gasteiger partial charge on any atom is -0.480 e. The van der Waals surface area contributed by atoms with Gasteiger partial charge in [0, 0.05) is 5.02 Å². The average molecular weight is 390 g/mol. The molecule has 0 fully saturated rings. The van der Waals surface area contributed by atoms with Gasteiger partial charge in [-0.3, -0.25) is 0 Å². The summed E-state index contributed by atoms with van der Waals surface area (Å²) in [5.41, 5.74) is 1.06. The fourth-order valence-electron chi connectivity index (χ4n) is 1.57. The number of benzene rings is 2. The molecule has 0 aromatic heterocycles. The maximum atomic E-state index is 11.8. The normalized spacial score (nSPS) is 10.3. The summed E-state index contributed by atoms with van der Waals surface area (Å²) in [6.45, 7) is 1.70. The van der Waals surface area contributed by atoms with Gasteiger partial charge in [0.2, 0.25) is 0 Å². The summed E-state index contributed by atoms with van der Waals surface area (Å²) in [7, 11) is 0. The van der Waals surface area contributed by atoms with Crippen molar-refractivity contribution in [3.8, 4) is 11.5 Å². The summed E-state index contributed by atoms with van der Waals surface area (Å²) in [5, 5.41) is 0.838. The Bertz CT molecular complexity index is 674. The maximum absolute atomic E-state index is 11.8. The van der Waals surface area contributed by atoms with Crippen molar-refractivity contribution < 1.29 is 14.3 Å². The highest BCUT2D eigenvalue weighted by molar-refractivity contribution is 9.10. The predicted molar refractivity (Wildman–Crippen MR) is 86.5 cm³/mol. The second-order valence-electron chi connectivity index (χ2n) is 4.27. The molecular formula is C15H11BrCl2O3. The Morgan fingerprint density at radius 1 is 1.14 bits per heavy atom. The first-order valence-corrected chi connectivity index (χ1v) is 7.55. The van der Waals surface area contributed by atoms with Crippen molar-refractivity contribution in [2.45, 2.75) is 6.92 Å². The molecule has 0 aliphatic carbocycles. The Kier molecular flexibility index (Phi) is 5.51. The predicted octanol–water partition coefficient (Wildman–Crippen LogP) is 5.05. The highest BCUT2D eigenvalue weighted by atomic mass is 79.9.